The molecule has 0 aliphatic carbocycles. The summed E-state index contributed by atoms with van der Waals surface area (Å²) in [5.74, 6) is 3.67. The van der Waals surface area contributed by atoms with E-state index in [-0.39, 0.29) is 12.4 Å². The lowest BCUT2D eigenvalue weighted by molar-refractivity contribution is 0.269. The van der Waals surface area contributed by atoms with Gasteiger partial charge >= 0.3 is 0 Å². The largest absolute Gasteiger partial charge is 0.497 e. The van der Waals surface area contributed by atoms with Crippen LogP contribution >= 0.6 is 35.6 Å². The van der Waals surface area contributed by atoms with E-state index in [0.29, 0.717) is 23.6 Å². The number of methoxy groups -OCH3 is 2. The minimum atomic E-state index is 0. The Kier molecular flexibility index (Phi) is 12.5. The van der Waals surface area contributed by atoms with E-state index in [1.165, 1.54) is 11.1 Å². The highest BCUT2D eigenvalue weighted by Gasteiger charge is 2.26. The first-order valence-corrected chi connectivity index (χ1v) is 10.9. The molecular weight excluding hydrogens is 429 g/mol. The SMILES string of the molecule is CCC(c1ccc(OC)cc1)C(CN(CCCl)CCCl)c1ccc(OC)cc1.Cl. The summed E-state index contributed by atoms with van der Waals surface area (Å²) in [6.45, 7) is 4.83. The highest BCUT2D eigenvalue weighted by molar-refractivity contribution is 6.18. The van der Waals surface area contributed by atoms with E-state index in [0.717, 1.165) is 37.6 Å². The molecule has 0 aliphatic heterocycles. The molecule has 0 spiro atoms. The molecule has 0 fully saturated rings. The molecular formula is C23H32Cl3NO2. The molecule has 6 heteroatoms. The zero-order valence-electron chi connectivity index (χ0n) is 17.4. The van der Waals surface area contributed by atoms with E-state index < -0.39 is 0 Å². The summed E-state index contributed by atoms with van der Waals surface area (Å²) in [6, 6.07) is 16.9. The second-order valence-corrected chi connectivity index (χ2v) is 7.60. The van der Waals surface area contributed by atoms with Crippen molar-refractivity contribution in [2.24, 2.45) is 0 Å². The molecule has 0 saturated heterocycles. The van der Waals surface area contributed by atoms with Crippen molar-refractivity contribution in [2.75, 3.05) is 45.6 Å². The average Bonchev–Trinajstić information content (AvgIpc) is 2.74. The predicted octanol–water partition coefficient (Wildman–Crippen LogP) is 6.18. The first-order valence-electron chi connectivity index (χ1n) is 9.78. The third-order valence-corrected chi connectivity index (χ3v) is 5.61. The summed E-state index contributed by atoms with van der Waals surface area (Å²) >= 11 is 12.1. The molecule has 0 radical (unpaired) electrons. The van der Waals surface area contributed by atoms with Gasteiger partial charge in [0.2, 0.25) is 0 Å². The molecule has 0 amide bonds. The van der Waals surface area contributed by atoms with Crippen LogP contribution in [0.25, 0.3) is 0 Å². The van der Waals surface area contributed by atoms with Gasteiger partial charge in [0.1, 0.15) is 11.5 Å². The number of benzene rings is 2. The number of rotatable bonds is 12. The predicted molar refractivity (Wildman–Crippen MR) is 127 cm³/mol. The molecule has 3 nitrogen and oxygen atoms in total. The number of hydrogen-bond acceptors (Lipinski definition) is 3. The van der Waals surface area contributed by atoms with Crippen LogP contribution in [0.5, 0.6) is 11.5 Å². The lowest BCUT2D eigenvalue weighted by Gasteiger charge is -2.32. The third-order valence-electron chi connectivity index (χ3n) is 5.27. The van der Waals surface area contributed by atoms with Gasteiger partial charge in [-0.25, -0.2) is 0 Å². The Bertz CT molecular complexity index is 674. The van der Waals surface area contributed by atoms with E-state index in [1.54, 1.807) is 14.2 Å². The molecule has 0 saturated carbocycles. The maximum Gasteiger partial charge on any atom is 0.118 e. The molecule has 0 aromatic heterocycles. The van der Waals surface area contributed by atoms with Crippen molar-refractivity contribution in [2.45, 2.75) is 25.2 Å². The number of alkyl halides is 2. The molecule has 162 valence electrons. The molecule has 2 unspecified atom stereocenters. The van der Waals surface area contributed by atoms with Crippen LogP contribution in [0.3, 0.4) is 0 Å². The quantitative estimate of drug-likeness (QED) is 0.353. The van der Waals surface area contributed by atoms with Gasteiger partial charge in [-0.1, -0.05) is 31.2 Å². The standard InChI is InChI=1S/C23H31Cl2NO2.ClH/c1-4-22(18-5-9-20(27-2)10-6-18)23(17-26(15-13-24)16-14-25)19-7-11-21(28-3)12-8-19;/h5-12,22-23H,4,13-17H2,1-3H3;1H. The summed E-state index contributed by atoms with van der Waals surface area (Å²) < 4.78 is 10.7. The Balaban J connectivity index is 0.00000420. The van der Waals surface area contributed by atoms with Crippen LogP contribution in [0.15, 0.2) is 48.5 Å². The van der Waals surface area contributed by atoms with E-state index >= 15 is 0 Å². The molecule has 0 heterocycles. The van der Waals surface area contributed by atoms with Crippen molar-refractivity contribution < 1.29 is 9.47 Å². The van der Waals surface area contributed by atoms with E-state index in [2.05, 4.69) is 36.1 Å². The third kappa shape index (κ3) is 7.57. The van der Waals surface area contributed by atoms with Crippen LogP contribution in [-0.4, -0.2) is 50.5 Å². The molecule has 2 aromatic rings. The monoisotopic (exact) mass is 459 g/mol. The van der Waals surface area contributed by atoms with E-state index in [1.807, 2.05) is 24.3 Å². The Morgan fingerprint density at radius 3 is 1.52 bits per heavy atom. The zero-order chi connectivity index (χ0) is 20.4. The number of ether oxygens (including phenoxy) is 2. The van der Waals surface area contributed by atoms with E-state index in [9.17, 15) is 0 Å². The normalized spacial score (nSPS) is 12.9. The van der Waals surface area contributed by atoms with Crippen LogP contribution in [0.2, 0.25) is 0 Å². The highest BCUT2D eigenvalue weighted by atomic mass is 35.5. The van der Waals surface area contributed by atoms with Crippen molar-refractivity contribution in [3.63, 3.8) is 0 Å². The summed E-state index contributed by atoms with van der Waals surface area (Å²) in [5, 5.41) is 0. The second-order valence-electron chi connectivity index (χ2n) is 6.85. The van der Waals surface area contributed by atoms with Crippen molar-refractivity contribution in [1.29, 1.82) is 0 Å². The van der Waals surface area contributed by atoms with Gasteiger partial charge in [-0.05, 0) is 47.7 Å². The van der Waals surface area contributed by atoms with Gasteiger partial charge in [-0.15, -0.1) is 35.6 Å². The smallest absolute Gasteiger partial charge is 0.118 e. The minimum Gasteiger partial charge on any atom is -0.497 e. The fourth-order valence-electron chi connectivity index (χ4n) is 3.73. The summed E-state index contributed by atoms with van der Waals surface area (Å²) in [6.07, 6.45) is 1.04. The second kappa shape index (κ2) is 14.0. The maximum atomic E-state index is 6.05. The fraction of sp³-hybridized carbons (Fsp3) is 0.478. The molecule has 29 heavy (non-hydrogen) atoms. The van der Waals surface area contributed by atoms with Crippen LogP contribution in [0.1, 0.15) is 36.3 Å². The Labute approximate surface area is 191 Å². The van der Waals surface area contributed by atoms with Crippen LogP contribution in [0.4, 0.5) is 0 Å². The minimum absolute atomic E-state index is 0. The van der Waals surface area contributed by atoms with E-state index in [4.69, 9.17) is 32.7 Å². The molecule has 0 bridgehead atoms. The molecule has 0 N–H and O–H groups in total. The van der Waals surface area contributed by atoms with Crippen molar-refractivity contribution in [3.8, 4) is 11.5 Å². The van der Waals surface area contributed by atoms with Gasteiger partial charge in [0.15, 0.2) is 0 Å². The maximum absolute atomic E-state index is 6.05. The summed E-state index contributed by atoms with van der Waals surface area (Å²) in [4.78, 5) is 2.36. The van der Waals surface area contributed by atoms with Crippen LogP contribution < -0.4 is 9.47 Å². The van der Waals surface area contributed by atoms with Crippen molar-refractivity contribution in [3.05, 3.63) is 59.7 Å². The van der Waals surface area contributed by atoms with Crippen LogP contribution in [-0.2, 0) is 0 Å². The van der Waals surface area contributed by atoms with Crippen molar-refractivity contribution >= 4 is 35.6 Å². The van der Waals surface area contributed by atoms with Crippen molar-refractivity contribution in [1.82, 2.24) is 4.90 Å². The number of nitrogens with zero attached hydrogens (tertiary/aromatic N) is 1. The van der Waals surface area contributed by atoms with Gasteiger partial charge in [0, 0.05) is 37.3 Å². The first-order chi connectivity index (χ1) is 13.7. The number of halogens is 3. The topological polar surface area (TPSA) is 21.7 Å². The first kappa shape index (κ1) is 25.9. The molecule has 0 aliphatic rings. The lowest BCUT2D eigenvalue weighted by Crippen LogP contribution is -2.34. The van der Waals surface area contributed by atoms with Gasteiger partial charge < -0.3 is 14.4 Å². The van der Waals surface area contributed by atoms with Gasteiger partial charge in [0.25, 0.3) is 0 Å². The van der Waals surface area contributed by atoms with Crippen LogP contribution in [0, 0.1) is 0 Å². The highest BCUT2D eigenvalue weighted by Crippen LogP contribution is 2.37. The Hall–Kier alpha value is -1.13. The number of hydrogen-bond donors (Lipinski definition) is 0. The molecule has 2 aromatic carbocycles. The summed E-state index contributed by atoms with van der Waals surface area (Å²) in [5.41, 5.74) is 2.62. The zero-order valence-corrected chi connectivity index (χ0v) is 19.8. The lowest BCUT2D eigenvalue weighted by atomic mass is 9.79. The average molecular weight is 461 g/mol. The van der Waals surface area contributed by atoms with Gasteiger partial charge in [-0.2, -0.15) is 0 Å². The molecule has 2 atom stereocenters. The Morgan fingerprint density at radius 2 is 1.17 bits per heavy atom. The molecule has 2 rings (SSSR count). The Morgan fingerprint density at radius 1 is 0.759 bits per heavy atom. The summed E-state index contributed by atoms with van der Waals surface area (Å²) in [7, 11) is 3.39. The van der Waals surface area contributed by atoms with Gasteiger partial charge in [-0.3, -0.25) is 0 Å². The fourth-order valence-corrected chi connectivity index (χ4v) is 4.21. The van der Waals surface area contributed by atoms with Gasteiger partial charge in [0.05, 0.1) is 14.2 Å².